The first kappa shape index (κ1) is 14.2. The fourth-order valence-electron chi connectivity index (χ4n) is 1.10. The first-order valence-electron chi connectivity index (χ1n) is 5.05. The fraction of sp³-hybridized carbons (Fsp3) is 0.0909. The molecule has 0 aliphatic heterocycles. The minimum Gasteiger partial charge on any atom is -0.478 e. The van der Waals surface area contributed by atoms with Crippen molar-refractivity contribution in [3.63, 3.8) is 0 Å². The van der Waals surface area contributed by atoms with Crippen molar-refractivity contribution in [3.8, 4) is 0 Å². The van der Waals surface area contributed by atoms with Crippen molar-refractivity contribution in [3.05, 3.63) is 47.3 Å². The monoisotopic (exact) mass is 262 g/mol. The van der Waals surface area contributed by atoms with Crippen LogP contribution < -0.4 is 0 Å². The van der Waals surface area contributed by atoms with E-state index in [0.717, 1.165) is 5.69 Å². The molecule has 0 radical (unpaired) electrons. The second kappa shape index (κ2) is 6.74. The van der Waals surface area contributed by atoms with Gasteiger partial charge in [-0.2, -0.15) is 0 Å². The van der Waals surface area contributed by atoms with Crippen molar-refractivity contribution in [1.29, 1.82) is 0 Å². The van der Waals surface area contributed by atoms with E-state index >= 15 is 0 Å². The molecule has 0 atom stereocenters. The van der Waals surface area contributed by atoms with E-state index in [1.165, 1.54) is 24.3 Å². The molecule has 2 aromatic rings. The molecule has 0 saturated heterocycles. The Morgan fingerprint density at radius 2 is 1.53 bits per heavy atom. The van der Waals surface area contributed by atoms with Crippen LogP contribution in [0.2, 0.25) is 0 Å². The standard InChI is InChI=1S/C8H6O4.C3H4N4/c9-7(10)5-3-1-2-4-6(5)8(11)12;1-3-2-4-6-7-5-3/h1-4H,(H,9,10)(H,11,12);2H,1H3. The summed E-state index contributed by atoms with van der Waals surface area (Å²) >= 11 is 0. The van der Waals surface area contributed by atoms with Crippen molar-refractivity contribution in [2.45, 2.75) is 6.92 Å². The van der Waals surface area contributed by atoms with Crippen LogP contribution in [0.15, 0.2) is 30.5 Å². The molecule has 8 nitrogen and oxygen atoms in total. The number of carboxylic acid groups (broad SMARTS) is 2. The predicted molar refractivity (Wildman–Crippen MR) is 62.7 cm³/mol. The number of aryl methyl sites for hydroxylation is 1. The van der Waals surface area contributed by atoms with Gasteiger partial charge in [-0.15, -0.1) is 10.2 Å². The second-order valence-electron chi connectivity index (χ2n) is 3.32. The third kappa shape index (κ3) is 4.46. The van der Waals surface area contributed by atoms with Crippen molar-refractivity contribution in [2.75, 3.05) is 0 Å². The highest BCUT2D eigenvalue weighted by molar-refractivity contribution is 6.01. The average molecular weight is 262 g/mol. The normalized spacial score (nSPS) is 9.11. The van der Waals surface area contributed by atoms with E-state index in [1.54, 1.807) is 6.20 Å². The van der Waals surface area contributed by atoms with Gasteiger partial charge in [-0.1, -0.05) is 12.1 Å². The molecule has 1 heterocycles. The van der Waals surface area contributed by atoms with Crippen LogP contribution in [0.1, 0.15) is 26.4 Å². The molecule has 0 aliphatic carbocycles. The van der Waals surface area contributed by atoms with Gasteiger partial charge in [0.2, 0.25) is 0 Å². The molecule has 98 valence electrons. The van der Waals surface area contributed by atoms with Gasteiger partial charge in [0.05, 0.1) is 23.0 Å². The molecule has 0 spiro atoms. The van der Waals surface area contributed by atoms with E-state index in [1.807, 2.05) is 6.92 Å². The van der Waals surface area contributed by atoms with E-state index in [0.29, 0.717) is 0 Å². The summed E-state index contributed by atoms with van der Waals surface area (Å²) in [6.07, 6.45) is 1.55. The Bertz CT molecular complexity index is 541. The summed E-state index contributed by atoms with van der Waals surface area (Å²) in [7, 11) is 0. The molecule has 0 saturated carbocycles. The van der Waals surface area contributed by atoms with Crippen LogP contribution in [0.5, 0.6) is 0 Å². The Morgan fingerprint density at radius 1 is 1.00 bits per heavy atom. The minimum atomic E-state index is -1.23. The largest absolute Gasteiger partial charge is 0.478 e. The maximum absolute atomic E-state index is 10.5. The molecule has 2 N–H and O–H groups in total. The van der Waals surface area contributed by atoms with Gasteiger partial charge in [0.15, 0.2) is 0 Å². The van der Waals surface area contributed by atoms with E-state index in [4.69, 9.17) is 10.2 Å². The summed E-state index contributed by atoms with van der Waals surface area (Å²) in [4.78, 5) is 20.9. The zero-order valence-corrected chi connectivity index (χ0v) is 9.89. The molecule has 1 aromatic carbocycles. The van der Waals surface area contributed by atoms with Gasteiger partial charge >= 0.3 is 11.9 Å². The summed E-state index contributed by atoms with van der Waals surface area (Å²) in [6, 6.07) is 5.48. The van der Waals surface area contributed by atoms with Gasteiger partial charge in [-0.25, -0.2) is 9.59 Å². The lowest BCUT2D eigenvalue weighted by molar-refractivity contribution is 0.0651. The zero-order valence-electron chi connectivity index (χ0n) is 9.89. The number of carbonyl (C=O) groups is 2. The lowest BCUT2D eigenvalue weighted by atomic mass is 10.1. The number of benzene rings is 1. The molecule has 0 amide bonds. The predicted octanol–water partition coefficient (Wildman–Crippen LogP) is 0.658. The fourth-order valence-corrected chi connectivity index (χ4v) is 1.10. The van der Waals surface area contributed by atoms with Crippen LogP contribution in [0.3, 0.4) is 0 Å². The summed E-state index contributed by atoms with van der Waals surface area (Å²) in [5, 5.41) is 30.6. The number of aromatic carboxylic acids is 2. The molecule has 0 unspecified atom stereocenters. The van der Waals surface area contributed by atoms with E-state index in [9.17, 15) is 9.59 Å². The van der Waals surface area contributed by atoms with Gasteiger partial charge in [0.1, 0.15) is 0 Å². The molecular weight excluding hydrogens is 252 g/mol. The van der Waals surface area contributed by atoms with Crippen LogP contribution in [0.25, 0.3) is 0 Å². The average Bonchev–Trinajstić information content (AvgIpc) is 2.40. The third-order valence-corrected chi connectivity index (χ3v) is 1.93. The van der Waals surface area contributed by atoms with Gasteiger partial charge in [-0.05, 0) is 29.5 Å². The first-order chi connectivity index (χ1) is 9.02. The molecular formula is C11H10N4O4. The van der Waals surface area contributed by atoms with Gasteiger partial charge < -0.3 is 10.2 Å². The lowest BCUT2D eigenvalue weighted by Crippen LogP contribution is -2.06. The number of hydrogen-bond donors (Lipinski definition) is 2. The van der Waals surface area contributed by atoms with Crippen molar-refractivity contribution >= 4 is 11.9 Å². The van der Waals surface area contributed by atoms with Crippen LogP contribution >= 0.6 is 0 Å². The second-order valence-corrected chi connectivity index (χ2v) is 3.32. The third-order valence-electron chi connectivity index (χ3n) is 1.93. The Morgan fingerprint density at radius 3 is 1.79 bits per heavy atom. The molecule has 19 heavy (non-hydrogen) atoms. The Hall–Kier alpha value is -2.90. The maximum Gasteiger partial charge on any atom is 0.336 e. The maximum atomic E-state index is 10.5. The Kier molecular flexibility index (Phi) is 5.03. The first-order valence-corrected chi connectivity index (χ1v) is 5.05. The topological polar surface area (TPSA) is 126 Å². The molecule has 0 bridgehead atoms. The van der Waals surface area contributed by atoms with Gasteiger partial charge in [-0.3, -0.25) is 0 Å². The minimum absolute atomic E-state index is 0.190. The highest BCUT2D eigenvalue weighted by Gasteiger charge is 2.13. The summed E-state index contributed by atoms with van der Waals surface area (Å²) < 4.78 is 0. The lowest BCUT2D eigenvalue weighted by Gasteiger charge is -1.98. The Balaban J connectivity index is 0.000000218. The summed E-state index contributed by atoms with van der Waals surface area (Å²) in [6.45, 7) is 1.81. The van der Waals surface area contributed by atoms with Gasteiger partial charge in [0, 0.05) is 0 Å². The van der Waals surface area contributed by atoms with E-state index in [2.05, 4.69) is 20.6 Å². The molecule has 0 aliphatic rings. The number of rotatable bonds is 2. The van der Waals surface area contributed by atoms with Crippen molar-refractivity contribution in [2.24, 2.45) is 0 Å². The molecule has 0 fully saturated rings. The van der Waals surface area contributed by atoms with Crippen LogP contribution in [0.4, 0.5) is 0 Å². The van der Waals surface area contributed by atoms with Crippen LogP contribution in [-0.2, 0) is 0 Å². The van der Waals surface area contributed by atoms with E-state index in [-0.39, 0.29) is 11.1 Å². The number of carboxylic acids is 2. The Labute approximate surface area is 107 Å². The molecule has 2 rings (SSSR count). The van der Waals surface area contributed by atoms with E-state index < -0.39 is 11.9 Å². The SMILES string of the molecule is Cc1cnnnn1.O=C(O)c1ccccc1C(=O)O. The van der Waals surface area contributed by atoms with Crippen LogP contribution in [0, 0.1) is 6.92 Å². The quantitative estimate of drug-likeness (QED) is 0.808. The summed E-state index contributed by atoms with van der Waals surface area (Å²) in [5.74, 6) is -2.46. The van der Waals surface area contributed by atoms with Crippen molar-refractivity contribution < 1.29 is 19.8 Å². The smallest absolute Gasteiger partial charge is 0.336 e. The highest BCUT2D eigenvalue weighted by Crippen LogP contribution is 2.07. The zero-order chi connectivity index (χ0) is 14.3. The molecule has 1 aromatic heterocycles. The molecule has 8 heteroatoms. The van der Waals surface area contributed by atoms with Gasteiger partial charge in [0.25, 0.3) is 0 Å². The van der Waals surface area contributed by atoms with Crippen molar-refractivity contribution in [1.82, 2.24) is 20.6 Å². The summed E-state index contributed by atoms with van der Waals surface area (Å²) in [5.41, 5.74) is 0.407. The van der Waals surface area contributed by atoms with Crippen LogP contribution in [-0.4, -0.2) is 42.8 Å². The number of aromatic nitrogens is 4. The number of hydrogen-bond acceptors (Lipinski definition) is 6. The highest BCUT2D eigenvalue weighted by atomic mass is 16.4. The number of nitrogens with zero attached hydrogens (tertiary/aromatic N) is 4.